The molecule has 0 radical (unpaired) electrons. The van der Waals surface area contributed by atoms with Crippen LogP contribution in [0.3, 0.4) is 0 Å². The van der Waals surface area contributed by atoms with Crippen LogP contribution in [0.25, 0.3) is 0 Å². The van der Waals surface area contributed by atoms with Crippen LogP contribution >= 0.6 is 0 Å². The molecule has 0 saturated heterocycles. The molecule has 0 spiro atoms. The first kappa shape index (κ1) is 18.5. The number of rotatable bonds is 9. The first-order valence-electron chi connectivity index (χ1n) is 7.85. The van der Waals surface area contributed by atoms with Crippen molar-refractivity contribution in [2.75, 3.05) is 14.2 Å². The van der Waals surface area contributed by atoms with Gasteiger partial charge >= 0.3 is 0 Å². The minimum Gasteiger partial charge on any atom is -0.493 e. The van der Waals surface area contributed by atoms with Gasteiger partial charge in [0.25, 0.3) is 0 Å². The number of amides is 1. The predicted octanol–water partition coefficient (Wildman–Crippen LogP) is 2.22. The van der Waals surface area contributed by atoms with Crippen molar-refractivity contribution in [3.8, 4) is 11.5 Å². The highest BCUT2D eigenvalue weighted by Crippen LogP contribution is 2.31. The van der Waals surface area contributed by atoms with E-state index in [2.05, 4.69) is 5.32 Å². The summed E-state index contributed by atoms with van der Waals surface area (Å²) in [6.07, 6.45) is 0.940. The van der Waals surface area contributed by atoms with Crippen molar-refractivity contribution < 1.29 is 19.1 Å². The van der Waals surface area contributed by atoms with Crippen LogP contribution in [-0.2, 0) is 11.3 Å². The molecule has 6 heteroatoms. The van der Waals surface area contributed by atoms with E-state index in [-0.39, 0.29) is 12.5 Å². The van der Waals surface area contributed by atoms with Gasteiger partial charge in [0.2, 0.25) is 5.91 Å². The lowest BCUT2D eigenvalue weighted by molar-refractivity contribution is -0.118. The Bertz CT molecular complexity index is 746. The third kappa shape index (κ3) is 4.81. The molecule has 3 N–H and O–H groups in total. The molecule has 0 fully saturated rings. The lowest BCUT2D eigenvalue weighted by atomic mass is 10.0. The zero-order valence-corrected chi connectivity index (χ0v) is 14.3. The topological polar surface area (TPSA) is 90.6 Å². The Hall–Kier alpha value is -2.86. The summed E-state index contributed by atoms with van der Waals surface area (Å²) in [7, 11) is 3.12. The highest BCUT2D eigenvalue weighted by atomic mass is 16.5. The molecule has 2 rings (SSSR count). The molecular formula is C19H22N2O4. The second kappa shape index (κ2) is 8.84. The summed E-state index contributed by atoms with van der Waals surface area (Å²) in [4.78, 5) is 22.6. The Morgan fingerprint density at radius 3 is 2.52 bits per heavy atom. The van der Waals surface area contributed by atoms with Gasteiger partial charge in [0.1, 0.15) is 6.29 Å². The quantitative estimate of drug-likeness (QED) is 0.682. The fraction of sp³-hybridized carbons (Fsp3) is 0.263. The number of nitrogens with two attached hydrogens (primary N) is 1. The van der Waals surface area contributed by atoms with Crippen LogP contribution in [0, 0.1) is 0 Å². The third-order valence-electron chi connectivity index (χ3n) is 3.94. The monoisotopic (exact) mass is 342 g/mol. The van der Waals surface area contributed by atoms with Crippen molar-refractivity contribution in [3.05, 3.63) is 59.2 Å². The molecule has 2 aromatic rings. The lowest BCUT2D eigenvalue weighted by Crippen LogP contribution is -2.26. The van der Waals surface area contributed by atoms with E-state index < -0.39 is 5.91 Å². The zero-order chi connectivity index (χ0) is 18.2. The predicted molar refractivity (Wildman–Crippen MR) is 94.8 cm³/mol. The number of carbonyl (C=O) groups excluding carboxylic acids is 2. The Morgan fingerprint density at radius 1 is 1.16 bits per heavy atom. The van der Waals surface area contributed by atoms with E-state index in [1.807, 2.05) is 30.3 Å². The van der Waals surface area contributed by atoms with Crippen molar-refractivity contribution >= 4 is 12.2 Å². The molecule has 0 aliphatic rings. The van der Waals surface area contributed by atoms with Gasteiger partial charge in [-0.1, -0.05) is 30.3 Å². The Labute approximate surface area is 146 Å². The van der Waals surface area contributed by atoms with Gasteiger partial charge in [-0.05, 0) is 23.3 Å². The summed E-state index contributed by atoms with van der Waals surface area (Å²) in [6.45, 7) is 0.432. The van der Waals surface area contributed by atoms with Crippen LogP contribution in [0.4, 0.5) is 0 Å². The summed E-state index contributed by atoms with van der Waals surface area (Å²) in [6, 6.07) is 12.4. The maximum absolute atomic E-state index is 11.5. The number of primary amides is 1. The Balaban J connectivity index is 2.24. The number of nitrogens with one attached hydrogen (secondary N) is 1. The lowest BCUT2D eigenvalue weighted by Gasteiger charge is -2.20. The molecule has 1 atom stereocenters. The van der Waals surface area contributed by atoms with E-state index in [1.165, 1.54) is 0 Å². The van der Waals surface area contributed by atoms with Gasteiger partial charge in [0.05, 0.1) is 14.2 Å². The first-order valence-corrected chi connectivity index (χ1v) is 7.85. The molecular weight excluding hydrogens is 320 g/mol. The highest BCUT2D eigenvalue weighted by molar-refractivity contribution is 5.77. The average Bonchev–Trinajstić information content (AvgIpc) is 2.64. The number of benzene rings is 2. The molecule has 132 valence electrons. The van der Waals surface area contributed by atoms with Gasteiger partial charge in [-0.25, -0.2) is 0 Å². The molecule has 0 saturated carbocycles. The highest BCUT2D eigenvalue weighted by Gasteiger charge is 2.17. The van der Waals surface area contributed by atoms with E-state index in [0.29, 0.717) is 23.6 Å². The summed E-state index contributed by atoms with van der Waals surface area (Å²) in [5, 5.41) is 3.29. The van der Waals surface area contributed by atoms with Gasteiger partial charge < -0.3 is 20.5 Å². The smallest absolute Gasteiger partial charge is 0.219 e. The maximum atomic E-state index is 11.5. The molecule has 0 heterocycles. The molecule has 6 nitrogen and oxygen atoms in total. The summed E-state index contributed by atoms with van der Waals surface area (Å²) in [5.74, 6) is 0.760. The van der Waals surface area contributed by atoms with Crippen molar-refractivity contribution in [3.63, 3.8) is 0 Å². The van der Waals surface area contributed by atoms with Gasteiger partial charge in [-0.3, -0.25) is 9.59 Å². The van der Waals surface area contributed by atoms with E-state index in [0.717, 1.165) is 17.4 Å². The second-order valence-electron chi connectivity index (χ2n) is 5.54. The van der Waals surface area contributed by atoms with Crippen molar-refractivity contribution in [2.24, 2.45) is 5.73 Å². The third-order valence-corrected chi connectivity index (χ3v) is 3.94. The Morgan fingerprint density at radius 2 is 1.88 bits per heavy atom. The van der Waals surface area contributed by atoms with Crippen LogP contribution in [0.2, 0.25) is 0 Å². The van der Waals surface area contributed by atoms with Crippen molar-refractivity contribution in [1.82, 2.24) is 5.32 Å². The van der Waals surface area contributed by atoms with Crippen molar-refractivity contribution in [2.45, 2.75) is 19.0 Å². The zero-order valence-electron chi connectivity index (χ0n) is 14.3. The van der Waals surface area contributed by atoms with Gasteiger partial charge in [0, 0.05) is 24.6 Å². The van der Waals surface area contributed by atoms with Gasteiger partial charge in [-0.2, -0.15) is 0 Å². The molecule has 0 bridgehead atoms. The second-order valence-corrected chi connectivity index (χ2v) is 5.54. The van der Waals surface area contributed by atoms with Crippen LogP contribution in [0.15, 0.2) is 42.5 Å². The number of carbonyl (C=O) groups is 2. The van der Waals surface area contributed by atoms with Gasteiger partial charge in [-0.15, -0.1) is 0 Å². The van der Waals surface area contributed by atoms with E-state index >= 15 is 0 Å². The number of hydrogen-bond acceptors (Lipinski definition) is 5. The summed E-state index contributed by atoms with van der Waals surface area (Å²) in [5.41, 5.74) is 7.70. The summed E-state index contributed by atoms with van der Waals surface area (Å²) < 4.78 is 10.6. The molecule has 2 aromatic carbocycles. The molecule has 0 unspecified atom stereocenters. The molecule has 1 amide bonds. The van der Waals surface area contributed by atoms with Crippen LogP contribution in [0.1, 0.15) is 33.9 Å². The molecule has 0 aromatic heterocycles. The normalized spacial score (nSPS) is 11.6. The number of ether oxygens (including phenoxy) is 2. The minimum absolute atomic E-state index is 0.124. The summed E-state index contributed by atoms with van der Waals surface area (Å²) >= 11 is 0. The standard InChI is InChI=1S/C19H22N2O4/c1-24-17-8-7-13(9-18(17)25-2)16(10-19(20)23)21-11-14-5-3-4-6-15(14)12-22/h3-9,12,16,21H,10-11H2,1-2H3,(H2,20,23)/t16-/m1/s1. The number of aldehydes is 1. The van der Waals surface area contributed by atoms with E-state index in [9.17, 15) is 9.59 Å². The van der Waals surface area contributed by atoms with Gasteiger partial charge in [0.15, 0.2) is 11.5 Å². The van der Waals surface area contributed by atoms with Crippen LogP contribution in [-0.4, -0.2) is 26.4 Å². The molecule has 25 heavy (non-hydrogen) atoms. The van der Waals surface area contributed by atoms with Crippen LogP contribution < -0.4 is 20.5 Å². The minimum atomic E-state index is -0.420. The first-order chi connectivity index (χ1) is 12.1. The maximum Gasteiger partial charge on any atom is 0.219 e. The largest absolute Gasteiger partial charge is 0.493 e. The Kier molecular flexibility index (Phi) is 6.54. The van der Waals surface area contributed by atoms with E-state index in [1.54, 1.807) is 26.4 Å². The van der Waals surface area contributed by atoms with E-state index in [4.69, 9.17) is 15.2 Å². The fourth-order valence-corrected chi connectivity index (χ4v) is 2.62. The fourth-order valence-electron chi connectivity index (χ4n) is 2.62. The van der Waals surface area contributed by atoms with Crippen LogP contribution in [0.5, 0.6) is 11.5 Å². The average molecular weight is 342 g/mol. The van der Waals surface area contributed by atoms with Crippen molar-refractivity contribution in [1.29, 1.82) is 0 Å². The SMILES string of the molecule is COc1ccc([C@@H](CC(N)=O)NCc2ccccc2C=O)cc1OC. The molecule has 0 aliphatic heterocycles. The molecule has 0 aliphatic carbocycles. The number of hydrogen-bond donors (Lipinski definition) is 2. The number of methoxy groups -OCH3 is 2.